The zero-order chi connectivity index (χ0) is 12.5. The van der Waals surface area contributed by atoms with Crippen LogP contribution in [0, 0.1) is 5.92 Å². The van der Waals surface area contributed by atoms with E-state index in [0.29, 0.717) is 12.8 Å². The topological polar surface area (TPSA) is 40.5 Å². The van der Waals surface area contributed by atoms with Crippen molar-refractivity contribution in [2.24, 2.45) is 5.92 Å². The van der Waals surface area contributed by atoms with Crippen LogP contribution in [-0.2, 0) is 4.79 Å². The summed E-state index contributed by atoms with van der Waals surface area (Å²) in [5, 5.41) is 8.82. The number of halogens is 3. The summed E-state index contributed by atoms with van der Waals surface area (Å²) in [6.07, 6.45) is -3.27. The van der Waals surface area contributed by atoms with Crippen molar-refractivity contribution in [1.82, 2.24) is 4.90 Å². The van der Waals surface area contributed by atoms with Crippen molar-refractivity contribution < 1.29 is 23.1 Å². The Labute approximate surface area is 92.2 Å². The summed E-state index contributed by atoms with van der Waals surface area (Å²) in [5.74, 6) is -1.64. The summed E-state index contributed by atoms with van der Waals surface area (Å²) in [6, 6.07) is -0.770. The fourth-order valence-corrected chi connectivity index (χ4v) is 2.06. The number of carboxylic acids is 1. The second-order valence-corrected chi connectivity index (χ2v) is 4.47. The van der Waals surface area contributed by atoms with E-state index in [0.717, 1.165) is 0 Å². The molecule has 1 aliphatic carbocycles. The van der Waals surface area contributed by atoms with E-state index in [-0.39, 0.29) is 6.04 Å². The zero-order valence-corrected chi connectivity index (χ0v) is 9.29. The Kier molecular flexibility index (Phi) is 3.83. The summed E-state index contributed by atoms with van der Waals surface area (Å²) < 4.78 is 37.0. The molecule has 0 aromatic carbocycles. The SMILES string of the molecule is CC(C)N(CC(F)(F)F)C1CCC1C(=O)O. The maximum atomic E-state index is 12.3. The van der Waals surface area contributed by atoms with Gasteiger partial charge in [-0.2, -0.15) is 13.2 Å². The van der Waals surface area contributed by atoms with Gasteiger partial charge in [0, 0.05) is 12.1 Å². The third kappa shape index (κ3) is 3.10. The molecule has 0 aromatic rings. The molecule has 0 bridgehead atoms. The van der Waals surface area contributed by atoms with E-state index in [1.54, 1.807) is 13.8 Å². The molecule has 1 aliphatic rings. The van der Waals surface area contributed by atoms with Crippen LogP contribution in [0.4, 0.5) is 13.2 Å². The highest BCUT2D eigenvalue weighted by Crippen LogP contribution is 2.35. The van der Waals surface area contributed by atoms with Gasteiger partial charge in [0.05, 0.1) is 12.5 Å². The van der Waals surface area contributed by atoms with Crippen LogP contribution in [0.25, 0.3) is 0 Å². The van der Waals surface area contributed by atoms with Crippen molar-refractivity contribution >= 4 is 5.97 Å². The fourth-order valence-electron chi connectivity index (χ4n) is 2.06. The molecular weight excluding hydrogens is 223 g/mol. The molecular formula is C10H16F3NO2. The van der Waals surface area contributed by atoms with E-state index < -0.39 is 30.7 Å². The maximum absolute atomic E-state index is 12.3. The lowest BCUT2D eigenvalue weighted by Gasteiger charge is -2.44. The van der Waals surface area contributed by atoms with Crippen LogP contribution in [0.3, 0.4) is 0 Å². The number of hydrogen-bond acceptors (Lipinski definition) is 2. The first kappa shape index (κ1) is 13.3. The van der Waals surface area contributed by atoms with Gasteiger partial charge in [0.1, 0.15) is 0 Å². The number of carboxylic acid groups (broad SMARTS) is 1. The molecule has 3 nitrogen and oxygen atoms in total. The molecule has 94 valence electrons. The second-order valence-electron chi connectivity index (χ2n) is 4.47. The number of nitrogens with zero attached hydrogens (tertiary/aromatic N) is 1. The van der Waals surface area contributed by atoms with E-state index in [4.69, 9.17) is 5.11 Å². The highest BCUT2D eigenvalue weighted by molar-refractivity contribution is 5.72. The number of alkyl halides is 3. The van der Waals surface area contributed by atoms with Crippen molar-refractivity contribution in [3.63, 3.8) is 0 Å². The Morgan fingerprint density at radius 3 is 2.25 bits per heavy atom. The van der Waals surface area contributed by atoms with Crippen molar-refractivity contribution in [3.05, 3.63) is 0 Å². The van der Waals surface area contributed by atoms with Gasteiger partial charge in [-0.15, -0.1) is 0 Å². The largest absolute Gasteiger partial charge is 0.481 e. The van der Waals surface area contributed by atoms with Gasteiger partial charge in [0.2, 0.25) is 0 Å². The summed E-state index contributed by atoms with van der Waals surface area (Å²) >= 11 is 0. The molecule has 1 saturated carbocycles. The average Bonchev–Trinajstić information content (AvgIpc) is 1.96. The summed E-state index contributed by atoms with van der Waals surface area (Å²) in [5.41, 5.74) is 0. The van der Waals surface area contributed by atoms with Gasteiger partial charge in [0.15, 0.2) is 0 Å². The third-order valence-electron chi connectivity index (χ3n) is 3.01. The normalized spacial score (nSPS) is 25.9. The number of carbonyl (C=O) groups is 1. The number of aliphatic carboxylic acids is 1. The van der Waals surface area contributed by atoms with Crippen LogP contribution >= 0.6 is 0 Å². The molecule has 0 saturated heterocycles. The van der Waals surface area contributed by atoms with Crippen LogP contribution in [0.15, 0.2) is 0 Å². The Balaban J connectivity index is 2.68. The monoisotopic (exact) mass is 239 g/mol. The molecule has 1 rings (SSSR count). The number of rotatable bonds is 4. The predicted octanol–water partition coefficient (Wildman–Crippen LogP) is 2.12. The Morgan fingerprint density at radius 1 is 1.44 bits per heavy atom. The standard InChI is InChI=1S/C10H16F3NO2/c1-6(2)14(5-10(11,12)13)8-4-3-7(8)9(15)16/h6-8H,3-5H2,1-2H3,(H,15,16). The third-order valence-corrected chi connectivity index (χ3v) is 3.01. The lowest BCUT2D eigenvalue weighted by atomic mass is 9.78. The molecule has 0 spiro atoms. The molecule has 0 aliphatic heterocycles. The molecule has 1 fully saturated rings. The summed E-state index contributed by atoms with van der Waals surface area (Å²) in [4.78, 5) is 12.0. The molecule has 0 amide bonds. The van der Waals surface area contributed by atoms with Crippen LogP contribution in [0.5, 0.6) is 0 Å². The van der Waals surface area contributed by atoms with Gasteiger partial charge >= 0.3 is 12.1 Å². The molecule has 2 unspecified atom stereocenters. The first-order valence-corrected chi connectivity index (χ1v) is 5.27. The smallest absolute Gasteiger partial charge is 0.401 e. The van der Waals surface area contributed by atoms with Gasteiger partial charge in [-0.3, -0.25) is 9.69 Å². The molecule has 6 heteroatoms. The average molecular weight is 239 g/mol. The quantitative estimate of drug-likeness (QED) is 0.817. The summed E-state index contributed by atoms with van der Waals surface area (Å²) in [6.45, 7) is 2.28. The highest BCUT2D eigenvalue weighted by Gasteiger charge is 2.44. The second kappa shape index (κ2) is 4.61. The van der Waals surface area contributed by atoms with E-state index in [1.165, 1.54) is 4.90 Å². The number of hydrogen-bond donors (Lipinski definition) is 1. The maximum Gasteiger partial charge on any atom is 0.401 e. The Bertz CT molecular complexity index is 265. The van der Waals surface area contributed by atoms with Gasteiger partial charge in [-0.1, -0.05) is 0 Å². The van der Waals surface area contributed by atoms with E-state index in [9.17, 15) is 18.0 Å². The van der Waals surface area contributed by atoms with Gasteiger partial charge < -0.3 is 5.11 Å². The van der Waals surface area contributed by atoms with Crippen LogP contribution < -0.4 is 0 Å². The molecule has 0 heterocycles. The van der Waals surface area contributed by atoms with E-state index >= 15 is 0 Å². The van der Waals surface area contributed by atoms with Crippen molar-refractivity contribution in [3.8, 4) is 0 Å². The first-order chi connectivity index (χ1) is 7.22. The fraction of sp³-hybridized carbons (Fsp3) is 0.900. The van der Waals surface area contributed by atoms with Crippen molar-refractivity contribution in [1.29, 1.82) is 0 Å². The van der Waals surface area contributed by atoms with Gasteiger partial charge in [-0.05, 0) is 26.7 Å². The predicted molar refractivity (Wildman–Crippen MR) is 52.0 cm³/mol. The lowest BCUT2D eigenvalue weighted by Crippen LogP contribution is -2.55. The molecule has 1 N–H and O–H groups in total. The minimum Gasteiger partial charge on any atom is -0.481 e. The van der Waals surface area contributed by atoms with Crippen LogP contribution in [0.1, 0.15) is 26.7 Å². The Morgan fingerprint density at radius 2 is 2.00 bits per heavy atom. The molecule has 0 aromatic heterocycles. The lowest BCUT2D eigenvalue weighted by molar-refractivity contribution is -0.172. The highest BCUT2D eigenvalue weighted by atomic mass is 19.4. The van der Waals surface area contributed by atoms with Crippen molar-refractivity contribution in [2.75, 3.05) is 6.54 Å². The van der Waals surface area contributed by atoms with Crippen LogP contribution in [0.2, 0.25) is 0 Å². The van der Waals surface area contributed by atoms with E-state index in [1.807, 2.05) is 0 Å². The molecule has 0 radical (unpaired) electrons. The minimum absolute atomic E-state index is 0.297. The zero-order valence-electron chi connectivity index (χ0n) is 9.29. The molecule has 2 atom stereocenters. The minimum atomic E-state index is -4.27. The van der Waals surface area contributed by atoms with Crippen molar-refractivity contribution in [2.45, 2.75) is 44.9 Å². The van der Waals surface area contributed by atoms with Crippen LogP contribution in [-0.4, -0.2) is 40.8 Å². The summed E-state index contributed by atoms with van der Waals surface area (Å²) in [7, 11) is 0. The Hall–Kier alpha value is -0.780. The van der Waals surface area contributed by atoms with Gasteiger partial charge in [0.25, 0.3) is 0 Å². The first-order valence-electron chi connectivity index (χ1n) is 5.27. The van der Waals surface area contributed by atoms with Gasteiger partial charge in [-0.25, -0.2) is 0 Å². The van der Waals surface area contributed by atoms with E-state index in [2.05, 4.69) is 0 Å². The molecule has 16 heavy (non-hydrogen) atoms.